The lowest BCUT2D eigenvalue weighted by Crippen LogP contribution is -3.00. The van der Waals surface area contributed by atoms with Crippen molar-refractivity contribution < 1.29 is 47.5 Å². The number of nitrogens with zero attached hydrogens (tertiary/aromatic N) is 1. The van der Waals surface area contributed by atoms with Crippen molar-refractivity contribution in [2.75, 3.05) is 45.8 Å². The summed E-state index contributed by atoms with van der Waals surface area (Å²) in [5, 5.41) is 3.09. The number of fused-ring (bicyclic) bond motifs is 1. The second kappa shape index (κ2) is 13.7. The molecule has 0 atom stereocenters. The molecular weight excluding hydrogens is 615 g/mol. The Morgan fingerprint density at radius 2 is 1.65 bits per heavy atom. The first kappa shape index (κ1) is 30.1. The van der Waals surface area contributed by atoms with Gasteiger partial charge in [-0.3, -0.25) is 4.79 Å². The van der Waals surface area contributed by atoms with Crippen LogP contribution in [-0.2, 0) is 16.1 Å². The van der Waals surface area contributed by atoms with Crippen molar-refractivity contribution in [3.8, 4) is 22.6 Å². The largest absolute Gasteiger partial charge is 1.00 e. The first-order valence-electron chi connectivity index (χ1n) is 13.9. The van der Waals surface area contributed by atoms with Crippen molar-refractivity contribution in [2.24, 2.45) is 0 Å². The van der Waals surface area contributed by atoms with Crippen LogP contribution in [0.25, 0.3) is 17.2 Å². The summed E-state index contributed by atoms with van der Waals surface area (Å²) in [5.74, 6) is 1.56. The van der Waals surface area contributed by atoms with Crippen molar-refractivity contribution in [3.63, 3.8) is 0 Å². The third-order valence-electron chi connectivity index (χ3n) is 7.74. The normalized spacial score (nSPS) is 15.5. The molecule has 0 aromatic heterocycles. The molecule has 1 N–H and O–H groups in total. The van der Waals surface area contributed by atoms with Crippen molar-refractivity contribution in [3.05, 3.63) is 83.4 Å². The van der Waals surface area contributed by atoms with Crippen molar-refractivity contribution >= 4 is 17.7 Å². The van der Waals surface area contributed by atoms with Gasteiger partial charge < -0.3 is 48.0 Å². The molecule has 2 aliphatic rings. The van der Waals surface area contributed by atoms with Crippen LogP contribution in [0.4, 0.5) is 5.69 Å². The lowest BCUT2D eigenvalue weighted by atomic mass is 10.0. The minimum absolute atomic E-state index is 0. The first-order chi connectivity index (χ1) is 18.9. The summed E-state index contributed by atoms with van der Waals surface area (Å²) < 4.78 is 18.0. The van der Waals surface area contributed by atoms with Gasteiger partial charge in [0.2, 0.25) is 0 Å². The summed E-state index contributed by atoms with van der Waals surface area (Å²) in [6.07, 6.45) is 4.71. The SMILES string of the molecule is CCOc1ccc(-c2ccc3c(c2)C=C(C(=O)Nc2ccc(C[N+](C)(C)C4CCOCC4)cc2)CCO3)cc1.[I-]. The van der Waals surface area contributed by atoms with Gasteiger partial charge in [0.25, 0.3) is 5.91 Å². The maximum Gasteiger partial charge on any atom is 0.251 e. The van der Waals surface area contributed by atoms with E-state index in [-0.39, 0.29) is 29.9 Å². The summed E-state index contributed by atoms with van der Waals surface area (Å²) in [4.78, 5) is 13.2. The molecule has 0 unspecified atom stereocenters. The number of carbonyl (C=O) groups is 1. The number of anilines is 1. The van der Waals surface area contributed by atoms with Crippen LogP contribution >= 0.6 is 0 Å². The molecule has 1 fully saturated rings. The van der Waals surface area contributed by atoms with Crippen LogP contribution in [0.2, 0.25) is 0 Å². The van der Waals surface area contributed by atoms with E-state index in [9.17, 15) is 4.79 Å². The maximum absolute atomic E-state index is 13.2. The van der Waals surface area contributed by atoms with Gasteiger partial charge in [-0.25, -0.2) is 0 Å². The Bertz CT molecular complexity index is 1310. The van der Waals surface area contributed by atoms with Gasteiger partial charge in [0.15, 0.2) is 0 Å². The number of hydrogen-bond donors (Lipinski definition) is 1. The van der Waals surface area contributed by atoms with E-state index in [0.29, 0.717) is 31.2 Å². The fourth-order valence-electron chi connectivity index (χ4n) is 5.48. The van der Waals surface area contributed by atoms with Gasteiger partial charge in [-0.15, -0.1) is 0 Å². The van der Waals surface area contributed by atoms with E-state index in [1.54, 1.807) is 0 Å². The van der Waals surface area contributed by atoms with Gasteiger partial charge in [-0.2, -0.15) is 0 Å². The van der Waals surface area contributed by atoms with Gasteiger partial charge >= 0.3 is 0 Å². The number of nitrogens with one attached hydrogen (secondary N) is 1. The highest BCUT2D eigenvalue weighted by Crippen LogP contribution is 2.32. The van der Waals surface area contributed by atoms with Gasteiger partial charge in [0.05, 0.1) is 46.6 Å². The maximum atomic E-state index is 13.2. The standard InChI is InChI=1S/C33H38N2O4.HI/c1-4-38-31-12-7-25(8-13-31)26-9-14-32-28(21-26)22-27(15-20-39-32)33(36)34-29-10-5-24(6-11-29)23-35(2,3)30-16-18-37-19-17-30;/h5-14,21-22,30H,4,15-20,23H2,1-3H3;1H. The molecule has 2 aliphatic heterocycles. The number of quaternary nitrogens is 1. The second-order valence-corrected chi connectivity index (χ2v) is 10.9. The molecule has 1 saturated heterocycles. The van der Waals surface area contributed by atoms with Crippen molar-refractivity contribution in [1.29, 1.82) is 0 Å². The third kappa shape index (κ3) is 7.44. The number of rotatable bonds is 8. The molecule has 1 amide bonds. The highest BCUT2D eigenvalue weighted by atomic mass is 127. The zero-order valence-electron chi connectivity index (χ0n) is 23.6. The first-order valence-corrected chi connectivity index (χ1v) is 13.9. The van der Waals surface area contributed by atoms with E-state index in [4.69, 9.17) is 14.2 Å². The van der Waals surface area contributed by atoms with E-state index in [1.807, 2.05) is 43.3 Å². The summed E-state index contributed by atoms with van der Waals surface area (Å²) >= 11 is 0. The molecule has 212 valence electrons. The number of carbonyl (C=O) groups excluding carboxylic acids is 1. The number of ether oxygens (including phenoxy) is 3. The molecule has 0 spiro atoms. The van der Waals surface area contributed by atoms with E-state index < -0.39 is 0 Å². The van der Waals surface area contributed by atoms with E-state index in [0.717, 1.165) is 71.0 Å². The van der Waals surface area contributed by atoms with Crippen LogP contribution in [0, 0.1) is 0 Å². The molecule has 0 bridgehead atoms. The molecule has 40 heavy (non-hydrogen) atoms. The average Bonchev–Trinajstić information content (AvgIpc) is 3.17. The third-order valence-corrected chi connectivity index (χ3v) is 7.74. The van der Waals surface area contributed by atoms with Crippen LogP contribution < -0.4 is 38.8 Å². The number of hydrogen-bond acceptors (Lipinski definition) is 4. The number of amides is 1. The Balaban J connectivity index is 0.00000370. The average molecular weight is 655 g/mol. The Morgan fingerprint density at radius 3 is 2.35 bits per heavy atom. The molecule has 5 rings (SSSR count). The molecule has 6 nitrogen and oxygen atoms in total. The Morgan fingerprint density at radius 1 is 0.950 bits per heavy atom. The Labute approximate surface area is 254 Å². The quantitative estimate of drug-likeness (QED) is 0.300. The van der Waals surface area contributed by atoms with Gasteiger partial charge in [-0.05, 0) is 60.5 Å². The highest BCUT2D eigenvalue weighted by Gasteiger charge is 2.30. The number of benzene rings is 3. The van der Waals surface area contributed by atoms with Crippen LogP contribution in [0.15, 0.2) is 72.3 Å². The predicted molar refractivity (Wildman–Crippen MR) is 156 cm³/mol. The molecule has 2 heterocycles. The Hall–Kier alpha value is -2.88. The lowest BCUT2D eigenvalue weighted by Gasteiger charge is -2.40. The van der Waals surface area contributed by atoms with E-state index in [2.05, 4.69) is 55.8 Å². The van der Waals surface area contributed by atoms with Crippen molar-refractivity contribution in [2.45, 2.75) is 38.8 Å². The van der Waals surface area contributed by atoms with Crippen LogP contribution in [-0.4, -0.2) is 57.0 Å². The van der Waals surface area contributed by atoms with Gasteiger partial charge in [0, 0.05) is 41.6 Å². The zero-order chi connectivity index (χ0) is 27.2. The molecule has 3 aromatic rings. The molecule has 7 heteroatoms. The molecule has 0 aliphatic carbocycles. The summed E-state index contributed by atoms with van der Waals surface area (Å²) in [5.41, 5.74) is 5.84. The smallest absolute Gasteiger partial charge is 0.251 e. The fraction of sp³-hybridized carbons (Fsp3) is 0.364. The second-order valence-electron chi connectivity index (χ2n) is 10.9. The number of halogens is 1. The monoisotopic (exact) mass is 654 g/mol. The predicted octanol–water partition coefficient (Wildman–Crippen LogP) is 3.32. The summed E-state index contributed by atoms with van der Waals surface area (Å²) in [6, 6.07) is 23.0. The molecule has 0 radical (unpaired) electrons. The fourth-order valence-corrected chi connectivity index (χ4v) is 5.48. The minimum atomic E-state index is -0.0935. The van der Waals surface area contributed by atoms with Crippen LogP contribution in [0.3, 0.4) is 0 Å². The lowest BCUT2D eigenvalue weighted by molar-refractivity contribution is -0.929. The van der Waals surface area contributed by atoms with Gasteiger partial charge in [0.1, 0.15) is 18.0 Å². The Kier molecular flexibility index (Phi) is 10.3. The topological polar surface area (TPSA) is 56.8 Å². The molecular formula is C33H39IN2O4. The minimum Gasteiger partial charge on any atom is -1.00 e. The van der Waals surface area contributed by atoms with Crippen LogP contribution in [0.1, 0.15) is 37.3 Å². The van der Waals surface area contributed by atoms with Gasteiger partial charge in [-0.1, -0.05) is 30.3 Å². The highest BCUT2D eigenvalue weighted by molar-refractivity contribution is 6.07. The molecule has 3 aromatic carbocycles. The van der Waals surface area contributed by atoms with Crippen molar-refractivity contribution in [1.82, 2.24) is 0 Å². The zero-order valence-corrected chi connectivity index (χ0v) is 25.8. The van der Waals surface area contributed by atoms with Crippen LogP contribution in [0.5, 0.6) is 11.5 Å². The van der Waals surface area contributed by atoms with E-state index >= 15 is 0 Å². The summed E-state index contributed by atoms with van der Waals surface area (Å²) in [6.45, 7) is 5.74. The molecule has 0 saturated carbocycles. The summed E-state index contributed by atoms with van der Waals surface area (Å²) in [7, 11) is 4.59. The van der Waals surface area contributed by atoms with E-state index in [1.165, 1.54) is 5.56 Å².